The Labute approximate surface area is 132 Å². The van der Waals surface area contributed by atoms with Crippen molar-refractivity contribution in [3.63, 3.8) is 0 Å². The summed E-state index contributed by atoms with van der Waals surface area (Å²) in [4.78, 5) is 12.2. The number of rotatable bonds is 3. The van der Waals surface area contributed by atoms with Crippen LogP contribution in [0.25, 0.3) is 0 Å². The van der Waals surface area contributed by atoms with Gasteiger partial charge in [-0.05, 0) is 37.2 Å². The van der Waals surface area contributed by atoms with Gasteiger partial charge in [-0.25, -0.2) is 4.39 Å². The fourth-order valence-electron chi connectivity index (χ4n) is 2.11. The summed E-state index contributed by atoms with van der Waals surface area (Å²) in [6.07, 6.45) is -1.11. The first-order valence-electron chi connectivity index (χ1n) is 7.46. The van der Waals surface area contributed by atoms with E-state index in [1.54, 1.807) is 0 Å². The van der Waals surface area contributed by atoms with E-state index >= 15 is 0 Å². The van der Waals surface area contributed by atoms with Gasteiger partial charge in [0.05, 0.1) is 11.8 Å². The molecule has 122 valence electrons. The molecule has 1 N–H and O–H groups in total. The largest absolute Gasteiger partial charge is 0.476 e. The van der Waals surface area contributed by atoms with Gasteiger partial charge < -0.3 is 14.5 Å². The molecule has 22 heavy (non-hydrogen) atoms. The van der Waals surface area contributed by atoms with Gasteiger partial charge in [0, 0.05) is 6.07 Å². The topological polar surface area (TPSA) is 47.6 Å². The van der Waals surface area contributed by atoms with Gasteiger partial charge in [-0.2, -0.15) is 0 Å². The summed E-state index contributed by atoms with van der Waals surface area (Å²) in [5, 5.41) is 2.74. The molecule has 0 fully saturated rings. The van der Waals surface area contributed by atoms with Crippen molar-refractivity contribution in [1.29, 1.82) is 0 Å². The number of ether oxygens (including phenoxy) is 1. The van der Waals surface area contributed by atoms with Crippen molar-refractivity contribution >= 4 is 19.9 Å². The Kier molecular flexibility index (Phi) is 4.36. The van der Waals surface area contributed by atoms with Crippen LogP contribution in [0.15, 0.2) is 18.2 Å². The van der Waals surface area contributed by atoms with E-state index in [0.29, 0.717) is 11.4 Å². The lowest BCUT2D eigenvalue weighted by molar-refractivity contribution is -0.127. The zero-order valence-electron chi connectivity index (χ0n) is 14.0. The Morgan fingerprint density at radius 1 is 1.36 bits per heavy atom. The number of fused-ring (bicyclic) bond motifs is 1. The van der Waals surface area contributed by atoms with E-state index < -0.39 is 20.2 Å². The summed E-state index contributed by atoms with van der Waals surface area (Å²) in [6, 6.07) is 4.09. The van der Waals surface area contributed by atoms with Gasteiger partial charge in [-0.3, -0.25) is 4.79 Å². The number of carbonyl (C=O) groups excluding carboxylic acids is 1. The first kappa shape index (κ1) is 17.0. The van der Waals surface area contributed by atoms with Crippen LogP contribution in [0.1, 0.15) is 27.7 Å². The Hall–Kier alpha value is -1.40. The minimum Gasteiger partial charge on any atom is -0.476 e. The first-order chi connectivity index (χ1) is 10.0. The molecule has 1 aromatic rings. The third-order valence-electron chi connectivity index (χ3n) is 4.42. The number of carbonyl (C=O) groups is 1. The fraction of sp³-hybridized carbons (Fsp3) is 0.562. The van der Waals surface area contributed by atoms with Crippen LogP contribution in [-0.4, -0.2) is 26.4 Å². The lowest BCUT2D eigenvalue weighted by Crippen LogP contribution is -2.51. The van der Waals surface area contributed by atoms with E-state index in [0.717, 1.165) is 0 Å². The van der Waals surface area contributed by atoms with Gasteiger partial charge in [-0.1, -0.05) is 20.8 Å². The van der Waals surface area contributed by atoms with Gasteiger partial charge in [-0.15, -0.1) is 0 Å². The molecule has 0 aliphatic carbocycles. The van der Waals surface area contributed by atoms with E-state index in [1.807, 2.05) is 6.92 Å². The fourth-order valence-corrected chi connectivity index (χ4v) is 3.52. The minimum atomic E-state index is -2.00. The van der Waals surface area contributed by atoms with Crippen LogP contribution in [0.3, 0.4) is 0 Å². The number of nitrogens with one attached hydrogen (secondary N) is 1. The van der Waals surface area contributed by atoms with Crippen LogP contribution >= 0.6 is 0 Å². The summed E-state index contributed by atoms with van der Waals surface area (Å²) in [7, 11) is -2.00. The van der Waals surface area contributed by atoms with Gasteiger partial charge in [0.2, 0.25) is 6.10 Å². The quantitative estimate of drug-likeness (QED) is 0.856. The highest BCUT2D eigenvalue weighted by Crippen LogP contribution is 2.38. The minimum absolute atomic E-state index is 0.0490. The summed E-state index contributed by atoms with van der Waals surface area (Å²) in [5.74, 6) is -0.243. The molecular weight excluding hydrogens is 301 g/mol. The maximum atomic E-state index is 13.2. The number of benzene rings is 1. The lowest BCUT2D eigenvalue weighted by Gasteiger charge is -2.40. The molecule has 2 rings (SSSR count). The zero-order valence-corrected chi connectivity index (χ0v) is 15.0. The van der Waals surface area contributed by atoms with Crippen LogP contribution in [0.5, 0.6) is 5.75 Å². The molecular formula is C16H24FNO3Si. The van der Waals surface area contributed by atoms with Crippen molar-refractivity contribution in [3.8, 4) is 5.75 Å². The molecule has 4 nitrogen and oxygen atoms in total. The second-order valence-corrected chi connectivity index (χ2v) is 12.0. The summed E-state index contributed by atoms with van der Waals surface area (Å²) < 4.78 is 25.2. The smallest absolute Gasteiger partial charge is 0.268 e. The molecule has 0 aromatic heterocycles. The Morgan fingerprint density at radius 2 is 2.00 bits per heavy atom. The van der Waals surface area contributed by atoms with Crippen LogP contribution in [0, 0.1) is 5.82 Å². The molecule has 0 radical (unpaired) electrons. The van der Waals surface area contributed by atoms with Crippen LogP contribution in [-0.2, 0) is 9.22 Å². The second-order valence-electron chi connectivity index (χ2n) is 7.25. The zero-order chi connectivity index (χ0) is 16.7. The van der Waals surface area contributed by atoms with Crippen molar-refractivity contribution in [1.82, 2.24) is 0 Å². The molecule has 2 atom stereocenters. The molecule has 0 spiro atoms. The highest BCUT2D eigenvalue weighted by Gasteiger charge is 2.42. The van der Waals surface area contributed by atoms with E-state index in [1.165, 1.54) is 18.2 Å². The summed E-state index contributed by atoms with van der Waals surface area (Å²) in [5.41, 5.74) is 0.362. The molecule has 1 amide bonds. The van der Waals surface area contributed by atoms with Gasteiger partial charge in [0.1, 0.15) is 11.6 Å². The van der Waals surface area contributed by atoms with E-state index in [-0.39, 0.29) is 17.0 Å². The predicted molar refractivity (Wildman–Crippen MR) is 87.2 cm³/mol. The number of anilines is 1. The van der Waals surface area contributed by atoms with Gasteiger partial charge in [0.15, 0.2) is 8.32 Å². The first-order valence-corrected chi connectivity index (χ1v) is 10.4. The lowest BCUT2D eigenvalue weighted by atomic mass is 10.1. The SMILES string of the molecule is CC(O[Si](C)(C)C(C)(C)C)C1Oc2ccc(F)cc2NC1=O. The highest BCUT2D eigenvalue weighted by atomic mass is 28.4. The average molecular weight is 325 g/mol. The van der Waals surface area contributed by atoms with E-state index in [2.05, 4.69) is 39.2 Å². The number of hydrogen-bond donors (Lipinski definition) is 1. The molecule has 6 heteroatoms. The molecule has 1 heterocycles. The standard InChI is InChI=1S/C16H24FNO3Si/c1-10(21-22(5,6)16(2,3)4)14-15(19)18-12-9-11(17)7-8-13(12)20-14/h7-10,14H,1-6H3,(H,18,19). The summed E-state index contributed by atoms with van der Waals surface area (Å²) in [6.45, 7) is 12.5. The van der Waals surface area contributed by atoms with Crippen molar-refractivity contribution < 1.29 is 18.3 Å². The van der Waals surface area contributed by atoms with Crippen LogP contribution in [0.4, 0.5) is 10.1 Å². The molecule has 1 aliphatic heterocycles. The molecule has 1 aromatic carbocycles. The third-order valence-corrected chi connectivity index (χ3v) is 9.00. The number of halogens is 1. The second kappa shape index (κ2) is 5.66. The third kappa shape index (κ3) is 3.33. The molecule has 1 aliphatic rings. The normalized spacial score (nSPS) is 20.0. The Bertz CT molecular complexity index is 583. The Morgan fingerprint density at radius 3 is 2.59 bits per heavy atom. The van der Waals surface area contributed by atoms with Gasteiger partial charge in [0.25, 0.3) is 5.91 Å². The van der Waals surface area contributed by atoms with Crippen molar-refractivity contribution in [2.45, 2.75) is 58.0 Å². The average Bonchev–Trinajstić information content (AvgIpc) is 2.35. The Balaban J connectivity index is 2.16. The maximum Gasteiger partial charge on any atom is 0.268 e. The van der Waals surface area contributed by atoms with Crippen LogP contribution in [0.2, 0.25) is 18.1 Å². The molecule has 0 saturated carbocycles. The number of hydrogen-bond acceptors (Lipinski definition) is 3. The van der Waals surface area contributed by atoms with Crippen molar-refractivity contribution in [2.75, 3.05) is 5.32 Å². The molecule has 0 saturated heterocycles. The monoisotopic (exact) mass is 325 g/mol. The molecule has 0 bridgehead atoms. The van der Waals surface area contributed by atoms with Crippen molar-refractivity contribution in [2.24, 2.45) is 0 Å². The number of amides is 1. The van der Waals surface area contributed by atoms with Crippen molar-refractivity contribution in [3.05, 3.63) is 24.0 Å². The van der Waals surface area contributed by atoms with E-state index in [9.17, 15) is 9.18 Å². The highest BCUT2D eigenvalue weighted by molar-refractivity contribution is 6.74. The molecule has 2 unspecified atom stereocenters. The van der Waals surface area contributed by atoms with Crippen LogP contribution < -0.4 is 10.1 Å². The van der Waals surface area contributed by atoms with Gasteiger partial charge >= 0.3 is 0 Å². The maximum absolute atomic E-state index is 13.2. The summed E-state index contributed by atoms with van der Waals surface area (Å²) >= 11 is 0. The predicted octanol–water partition coefficient (Wildman–Crippen LogP) is 3.94. The van der Waals surface area contributed by atoms with E-state index in [4.69, 9.17) is 9.16 Å².